The lowest BCUT2D eigenvalue weighted by atomic mass is 9.90. The van der Waals surface area contributed by atoms with Gasteiger partial charge in [0.2, 0.25) is 0 Å². The lowest BCUT2D eigenvalue weighted by Gasteiger charge is -2.28. The second-order valence-electron chi connectivity index (χ2n) is 3.85. The third kappa shape index (κ3) is 2.11. The fraction of sp³-hybridized carbons (Fsp3) is 0.333. The quantitative estimate of drug-likeness (QED) is 0.825. The molecule has 0 spiro atoms. The number of rotatable bonds is 2. The summed E-state index contributed by atoms with van der Waals surface area (Å²) < 4.78 is 37.8. The highest BCUT2D eigenvalue weighted by Gasteiger charge is 2.51. The molecule has 0 fully saturated rings. The lowest BCUT2D eigenvalue weighted by molar-refractivity contribution is -0.259. The highest BCUT2D eigenvalue weighted by atomic mass is 19.4. The molecule has 0 aliphatic carbocycles. The van der Waals surface area contributed by atoms with Crippen LogP contribution in [0.25, 0.3) is 6.08 Å². The summed E-state index contributed by atoms with van der Waals surface area (Å²) in [5, 5.41) is 9.52. The second kappa shape index (κ2) is 3.94. The van der Waals surface area contributed by atoms with Crippen molar-refractivity contribution < 1.29 is 18.3 Å². The van der Waals surface area contributed by atoms with Gasteiger partial charge in [-0.3, -0.25) is 0 Å². The first-order chi connectivity index (χ1) is 7.20. The summed E-state index contributed by atoms with van der Waals surface area (Å²) >= 11 is 0. The van der Waals surface area contributed by atoms with Gasteiger partial charge in [-0.05, 0) is 30.5 Å². The van der Waals surface area contributed by atoms with Crippen molar-refractivity contribution in [1.82, 2.24) is 0 Å². The van der Waals surface area contributed by atoms with E-state index in [0.29, 0.717) is 5.56 Å². The van der Waals surface area contributed by atoms with Crippen LogP contribution in [0, 0.1) is 6.92 Å². The Morgan fingerprint density at radius 3 is 2.25 bits per heavy atom. The Balaban J connectivity index is 3.29. The number of benzene rings is 1. The summed E-state index contributed by atoms with van der Waals surface area (Å²) in [5.74, 6) is 0. The molecule has 1 nitrogen and oxygen atoms in total. The molecule has 1 aromatic rings. The molecule has 1 atom stereocenters. The predicted octanol–water partition coefficient (Wildman–Crippen LogP) is 3.41. The van der Waals surface area contributed by atoms with E-state index in [9.17, 15) is 18.3 Å². The summed E-state index contributed by atoms with van der Waals surface area (Å²) in [6.07, 6.45) is -3.15. The number of hydrogen-bond donors (Lipinski definition) is 1. The van der Waals surface area contributed by atoms with Gasteiger partial charge in [0, 0.05) is 0 Å². The first-order valence-electron chi connectivity index (χ1n) is 4.73. The molecule has 16 heavy (non-hydrogen) atoms. The van der Waals surface area contributed by atoms with E-state index < -0.39 is 11.8 Å². The van der Waals surface area contributed by atoms with E-state index in [4.69, 9.17) is 0 Å². The second-order valence-corrected chi connectivity index (χ2v) is 3.85. The Hall–Kier alpha value is -1.29. The van der Waals surface area contributed by atoms with Crippen LogP contribution in [-0.4, -0.2) is 11.3 Å². The van der Waals surface area contributed by atoms with Crippen LogP contribution in [0.2, 0.25) is 0 Å². The zero-order valence-corrected chi connectivity index (χ0v) is 9.10. The van der Waals surface area contributed by atoms with Gasteiger partial charge in [-0.1, -0.05) is 30.9 Å². The van der Waals surface area contributed by atoms with E-state index in [-0.39, 0.29) is 5.56 Å². The van der Waals surface area contributed by atoms with Crippen LogP contribution >= 0.6 is 0 Å². The minimum absolute atomic E-state index is 0.134. The smallest absolute Gasteiger partial charge is 0.376 e. The third-order valence-corrected chi connectivity index (χ3v) is 2.56. The molecule has 0 aliphatic rings. The van der Waals surface area contributed by atoms with Crippen molar-refractivity contribution in [1.29, 1.82) is 0 Å². The van der Waals surface area contributed by atoms with Crippen LogP contribution in [-0.2, 0) is 5.60 Å². The Morgan fingerprint density at radius 1 is 1.31 bits per heavy atom. The Bertz CT molecular complexity index is 405. The van der Waals surface area contributed by atoms with Crippen molar-refractivity contribution in [2.45, 2.75) is 25.6 Å². The zero-order valence-electron chi connectivity index (χ0n) is 9.10. The molecule has 0 radical (unpaired) electrons. The summed E-state index contributed by atoms with van der Waals surface area (Å²) in [4.78, 5) is 0. The number of aliphatic hydroxyl groups is 1. The van der Waals surface area contributed by atoms with Gasteiger partial charge < -0.3 is 5.11 Å². The Kier molecular flexibility index (Phi) is 3.15. The summed E-state index contributed by atoms with van der Waals surface area (Å²) in [7, 11) is 0. The number of halogens is 3. The Morgan fingerprint density at radius 2 is 1.88 bits per heavy atom. The molecule has 0 bridgehead atoms. The monoisotopic (exact) mass is 230 g/mol. The molecule has 0 aliphatic heterocycles. The first kappa shape index (κ1) is 12.8. The van der Waals surface area contributed by atoms with Crippen LogP contribution in [0.5, 0.6) is 0 Å². The standard InChI is InChI=1S/C12H13F3O/c1-4-9-5-6-10(8(2)7-9)11(3,16)12(13,14)15/h4-7,16H,1H2,2-3H3. The molecular formula is C12H13F3O. The maximum Gasteiger partial charge on any atom is 0.421 e. The average Bonchev–Trinajstić information content (AvgIpc) is 2.15. The van der Waals surface area contributed by atoms with Gasteiger partial charge in [-0.25, -0.2) is 0 Å². The van der Waals surface area contributed by atoms with Crippen LogP contribution < -0.4 is 0 Å². The van der Waals surface area contributed by atoms with Crippen molar-refractivity contribution in [3.05, 3.63) is 41.5 Å². The molecule has 4 heteroatoms. The van der Waals surface area contributed by atoms with Gasteiger partial charge in [0.1, 0.15) is 0 Å². The van der Waals surface area contributed by atoms with E-state index in [1.807, 2.05) is 0 Å². The van der Waals surface area contributed by atoms with Crippen molar-refractivity contribution in [3.63, 3.8) is 0 Å². The van der Waals surface area contributed by atoms with Crippen molar-refractivity contribution in [2.75, 3.05) is 0 Å². The molecule has 88 valence electrons. The van der Waals surface area contributed by atoms with Gasteiger partial charge in [-0.15, -0.1) is 0 Å². The predicted molar refractivity (Wildman–Crippen MR) is 56.9 cm³/mol. The third-order valence-electron chi connectivity index (χ3n) is 2.56. The van der Waals surface area contributed by atoms with Gasteiger partial charge >= 0.3 is 6.18 Å². The van der Waals surface area contributed by atoms with E-state index in [0.717, 1.165) is 12.5 Å². The molecule has 0 amide bonds. The van der Waals surface area contributed by atoms with Gasteiger partial charge in [0.15, 0.2) is 5.60 Å². The topological polar surface area (TPSA) is 20.2 Å². The minimum Gasteiger partial charge on any atom is -0.376 e. The maximum absolute atomic E-state index is 12.6. The molecule has 1 N–H and O–H groups in total. The van der Waals surface area contributed by atoms with E-state index in [1.54, 1.807) is 12.1 Å². The normalized spacial score (nSPS) is 15.6. The average molecular weight is 230 g/mol. The molecule has 0 aromatic heterocycles. The van der Waals surface area contributed by atoms with Gasteiger partial charge in [-0.2, -0.15) is 13.2 Å². The highest BCUT2D eigenvalue weighted by Crippen LogP contribution is 2.39. The molecule has 1 aromatic carbocycles. The van der Waals surface area contributed by atoms with Crippen molar-refractivity contribution in [2.24, 2.45) is 0 Å². The van der Waals surface area contributed by atoms with Crippen molar-refractivity contribution >= 4 is 6.08 Å². The summed E-state index contributed by atoms with van der Waals surface area (Å²) in [5.41, 5.74) is -1.85. The SMILES string of the molecule is C=Cc1ccc(C(C)(O)C(F)(F)F)c(C)c1. The van der Waals surface area contributed by atoms with Crippen LogP contribution in [0.3, 0.4) is 0 Å². The van der Waals surface area contributed by atoms with Gasteiger partial charge in [0.25, 0.3) is 0 Å². The number of alkyl halides is 3. The fourth-order valence-electron chi connectivity index (χ4n) is 1.51. The zero-order chi connectivity index (χ0) is 12.6. The maximum atomic E-state index is 12.6. The van der Waals surface area contributed by atoms with Crippen LogP contribution in [0.15, 0.2) is 24.8 Å². The molecule has 0 saturated heterocycles. The fourth-order valence-corrected chi connectivity index (χ4v) is 1.51. The molecule has 1 unspecified atom stereocenters. The van der Waals surface area contributed by atoms with E-state index >= 15 is 0 Å². The lowest BCUT2D eigenvalue weighted by Crippen LogP contribution is -2.39. The van der Waals surface area contributed by atoms with E-state index in [2.05, 4.69) is 6.58 Å². The molecular weight excluding hydrogens is 217 g/mol. The summed E-state index contributed by atoms with van der Waals surface area (Å²) in [6, 6.07) is 4.33. The molecule has 0 heterocycles. The highest BCUT2D eigenvalue weighted by molar-refractivity contribution is 5.50. The molecule has 0 saturated carbocycles. The largest absolute Gasteiger partial charge is 0.421 e. The van der Waals surface area contributed by atoms with Crippen LogP contribution in [0.1, 0.15) is 23.6 Å². The number of aryl methyl sites for hydroxylation is 1. The van der Waals surface area contributed by atoms with Crippen LogP contribution in [0.4, 0.5) is 13.2 Å². The van der Waals surface area contributed by atoms with E-state index in [1.165, 1.54) is 19.1 Å². The first-order valence-corrected chi connectivity index (χ1v) is 4.73. The molecule has 1 rings (SSSR count). The van der Waals surface area contributed by atoms with Crippen molar-refractivity contribution in [3.8, 4) is 0 Å². The summed E-state index contributed by atoms with van der Waals surface area (Å²) in [6.45, 7) is 5.81. The minimum atomic E-state index is -4.69. The number of hydrogen-bond acceptors (Lipinski definition) is 1. The Labute approximate surface area is 92.2 Å². The van der Waals surface area contributed by atoms with Gasteiger partial charge in [0.05, 0.1) is 0 Å².